The molecule has 1 amide bonds. The Morgan fingerprint density at radius 1 is 1.08 bits per heavy atom. The van der Waals surface area contributed by atoms with Gasteiger partial charge in [-0.05, 0) is 60.0 Å². The van der Waals surface area contributed by atoms with Crippen LogP contribution >= 0.6 is 27.5 Å². The summed E-state index contributed by atoms with van der Waals surface area (Å²) < 4.78 is 6.20. The number of carbonyl (C=O) groups is 2. The van der Waals surface area contributed by atoms with Crippen LogP contribution in [0.4, 0.5) is 0 Å². The lowest BCUT2D eigenvalue weighted by atomic mass is 9.95. The molecule has 4 aromatic rings. The maximum absolute atomic E-state index is 13.2. The summed E-state index contributed by atoms with van der Waals surface area (Å²) in [5, 5.41) is 12.7. The second kappa shape index (κ2) is 9.84. The minimum Gasteiger partial charge on any atom is -0.507 e. The van der Waals surface area contributed by atoms with Gasteiger partial charge in [0.1, 0.15) is 11.5 Å². The number of amides is 1. The lowest BCUT2D eigenvalue weighted by molar-refractivity contribution is -0.139. The molecule has 2 heterocycles. The monoisotopic (exact) mass is 564 g/mol. The third-order valence-corrected chi connectivity index (χ3v) is 7.22. The molecule has 182 valence electrons. The second-order valence-corrected chi connectivity index (χ2v) is 9.88. The van der Waals surface area contributed by atoms with Crippen LogP contribution in [0, 0.1) is 0 Å². The van der Waals surface area contributed by atoms with Gasteiger partial charge in [0, 0.05) is 38.7 Å². The third kappa shape index (κ3) is 4.40. The van der Waals surface area contributed by atoms with Crippen molar-refractivity contribution in [3.05, 3.63) is 105 Å². The normalized spacial score (nSPS) is 17.2. The van der Waals surface area contributed by atoms with Gasteiger partial charge < -0.3 is 19.7 Å². The second-order valence-electron chi connectivity index (χ2n) is 8.53. The van der Waals surface area contributed by atoms with Gasteiger partial charge in [-0.1, -0.05) is 51.8 Å². The molecule has 2 N–H and O–H groups in total. The van der Waals surface area contributed by atoms with Gasteiger partial charge in [-0.25, -0.2) is 0 Å². The Bertz CT molecular complexity index is 1490. The molecule has 1 aliphatic rings. The van der Waals surface area contributed by atoms with E-state index in [1.807, 2.05) is 24.4 Å². The molecule has 1 aliphatic heterocycles. The van der Waals surface area contributed by atoms with Crippen molar-refractivity contribution in [3.63, 3.8) is 0 Å². The summed E-state index contributed by atoms with van der Waals surface area (Å²) in [6.07, 6.45) is 2.41. The van der Waals surface area contributed by atoms with Crippen LogP contribution in [0.5, 0.6) is 5.75 Å². The Morgan fingerprint density at radius 2 is 1.81 bits per heavy atom. The van der Waals surface area contributed by atoms with E-state index in [1.54, 1.807) is 55.6 Å². The molecule has 1 atom stereocenters. The molecule has 0 aliphatic carbocycles. The van der Waals surface area contributed by atoms with Gasteiger partial charge in [0.2, 0.25) is 0 Å². The van der Waals surface area contributed by atoms with Gasteiger partial charge in [0.25, 0.3) is 11.7 Å². The summed E-state index contributed by atoms with van der Waals surface area (Å²) in [5.41, 5.74) is 3.16. The molecule has 36 heavy (non-hydrogen) atoms. The molecule has 0 unspecified atom stereocenters. The largest absolute Gasteiger partial charge is 0.507 e. The number of Topliss-reactive ketones (excluding diaryl/α,β-unsaturated/α-hetero) is 1. The van der Waals surface area contributed by atoms with Gasteiger partial charge in [-0.2, -0.15) is 0 Å². The van der Waals surface area contributed by atoms with Gasteiger partial charge in [-0.3, -0.25) is 9.59 Å². The van der Waals surface area contributed by atoms with Crippen LogP contribution in [0.25, 0.3) is 16.7 Å². The Labute approximate surface area is 221 Å². The molecule has 1 aromatic heterocycles. The number of rotatable bonds is 6. The van der Waals surface area contributed by atoms with Crippen LogP contribution in [0.2, 0.25) is 5.02 Å². The average molecular weight is 566 g/mol. The van der Waals surface area contributed by atoms with Crippen LogP contribution < -0.4 is 4.74 Å². The number of nitrogens with zero attached hydrogens (tertiary/aromatic N) is 1. The Balaban J connectivity index is 1.55. The fourth-order valence-corrected chi connectivity index (χ4v) is 4.99. The number of carbonyl (C=O) groups excluding carboxylic acids is 2. The first-order valence-electron chi connectivity index (χ1n) is 11.3. The number of ketones is 1. The summed E-state index contributed by atoms with van der Waals surface area (Å²) >= 11 is 9.48. The summed E-state index contributed by atoms with van der Waals surface area (Å²) in [6, 6.07) is 18.9. The van der Waals surface area contributed by atoms with Crippen LogP contribution in [-0.4, -0.2) is 40.3 Å². The molecule has 0 spiro atoms. The van der Waals surface area contributed by atoms with E-state index in [2.05, 4.69) is 20.9 Å². The smallest absolute Gasteiger partial charge is 0.295 e. The van der Waals surface area contributed by atoms with E-state index in [4.69, 9.17) is 16.3 Å². The topological polar surface area (TPSA) is 82.6 Å². The van der Waals surface area contributed by atoms with Crippen molar-refractivity contribution in [1.29, 1.82) is 0 Å². The standard InChI is InChI=1S/C28H22BrClN2O4/c1-36-21-10-11-23-22(14-21)18(15-31-23)12-13-32-25(16-4-8-20(30)9-5-16)24(27(34)28(32)35)26(33)17-2-6-19(29)7-3-17/h2-11,14-15,25,31,33H,12-13H2,1H3/t25-/m0/s1. The van der Waals surface area contributed by atoms with Crippen LogP contribution in [0.3, 0.4) is 0 Å². The number of hydrogen-bond acceptors (Lipinski definition) is 4. The first kappa shape index (κ1) is 24.2. The number of nitrogens with one attached hydrogen (secondary N) is 1. The molecule has 1 saturated heterocycles. The maximum Gasteiger partial charge on any atom is 0.295 e. The predicted molar refractivity (Wildman–Crippen MR) is 143 cm³/mol. The number of aliphatic hydroxyl groups excluding tert-OH is 1. The van der Waals surface area contributed by atoms with E-state index in [1.165, 1.54) is 4.90 Å². The van der Waals surface area contributed by atoms with Crippen molar-refractivity contribution in [3.8, 4) is 5.75 Å². The number of likely N-dealkylation sites (tertiary alicyclic amines) is 1. The molecule has 1 fully saturated rings. The van der Waals surface area contributed by atoms with E-state index in [0.717, 1.165) is 26.7 Å². The van der Waals surface area contributed by atoms with Crippen molar-refractivity contribution in [2.24, 2.45) is 0 Å². The highest BCUT2D eigenvalue weighted by molar-refractivity contribution is 9.10. The van der Waals surface area contributed by atoms with Crippen molar-refractivity contribution < 1.29 is 19.4 Å². The first-order valence-corrected chi connectivity index (χ1v) is 12.5. The lowest BCUT2D eigenvalue weighted by Crippen LogP contribution is -2.31. The average Bonchev–Trinajstić information content (AvgIpc) is 3.40. The van der Waals surface area contributed by atoms with Crippen molar-refractivity contribution in [2.45, 2.75) is 12.5 Å². The van der Waals surface area contributed by atoms with Crippen LogP contribution in [0.1, 0.15) is 22.7 Å². The fourth-order valence-electron chi connectivity index (χ4n) is 4.60. The van der Waals surface area contributed by atoms with E-state index >= 15 is 0 Å². The quantitative estimate of drug-likeness (QED) is 0.164. The number of fused-ring (bicyclic) bond motifs is 1. The highest BCUT2D eigenvalue weighted by Crippen LogP contribution is 2.40. The molecule has 6 nitrogen and oxygen atoms in total. The number of aliphatic hydroxyl groups is 1. The number of aromatic nitrogens is 1. The molecule has 5 rings (SSSR count). The van der Waals surface area contributed by atoms with E-state index in [9.17, 15) is 14.7 Å². The number of benzene rings is 3. The van der Waals surface area contributed by atoms with Crippen molar-refractivity contribution >= 4 is 55.9 Å². The molecule has 8 heteroatoms. The minimum atomic E-state index is -0.745. The summed E-state index contributed by atoms with van der Waals surface area (Å²) in [5.74, 6) is -0.832. The molecule has 3 aromatic carbocycles. The maximum atomic E-state index is 13.2. The molecular formula is C28H22BrClN2O4. The molecule has 0 bridgehead atoms. The number of methoxy groups -OCH3 is 1. The first-order chi connectivity index (χ1) is 17.4. The lowest BCUT2D eigenvalue weighted by Gasteiger charge is -2.25. The molecule has 0 radical (unpaired) electrons. The van der Waals surface area contributed by atoms with E-state index < -0.39 is 17.7 Å². The highest BCUT2D eigenvalue weighted by Gasteiger charge is 2.45. The molecule has 0 saturated carbocycles. The Morgan fingerprint density at radius 3 is 2.50 bits per heavy atom. The number of H-pyrrole nitrogens is 1. The Hall–Kier alpha value is -3.55. The number of ether oxygens (including phenoxy) is 1. The van der Waals surface area contributed by atoms with Crippen LogP contribution in [0.15, 0.2) is 83.0 Å². The van der Waals surface area contributed by atoms with Crippen LogP contribution in [-0.2, 0) is 16.0 Å². The Kier molecular flexibility index (Phi) is 6.60. The van der Waals surface area contributed by atoms with Crippen molar-refractivity contribution in [1.82, 2.24) is 9.88 Å². The summed E-state index contributed by atoms with van der Waals surface area (Å²) in [7, 11) is 1.62. The number of aromatic amines is 1. The van der Waals surface area contributed by atoms with Gasteiger partial charge in [0.05, 0.1) is 18.7 Å². The van der Waals surface area contributed by atoms with Crippen molar-refractivity contribution in [2.75, 3.05) is 13.7 Å². The van der Waals surface area contributed by atoms with Gasteiger partial charge in [-0.15, -0.1) is 0 Å². The predicted octanol–water partition coefficient (Wildman–Crippen LogP) is 6.26. The minimum absolute atomic E-state index is 0.0604. The van der Waals surface area contributed by atoms with E-state index in [0.29, 0.717) is 22.6 Å². The fraction of sp³-hybridized carbons (Fsp3) is 0.143. The zero-order valence-corrected chi connectivity index (χ0v) is 21.6. The van der Waals surface area contributed by atoms with E-state index in [-0.39, 0.29) is 17.9 Å². The third-order valence-electron chi connectivity index (χ3n) is 6.44. The SMILES string of the molecule is COc1ccc2[nH]cc(CCN3C(=O)C(=O)C(=C(O)c4ccc(Br)cc4)[C@@H]3c3ccc(Cl)cc3)c2c1. The molecular weight excluding hydrogens is 544 g/mol. The zero-order valence-electron chi connectivity index (χ0n) is 19.3. The highest BCUT2D eigenvalue weighted by atomic mass is 79.9. The zero-order chi connectivity index (χ0) is 25.4. The summed E-state index contributed by atoms with van der Waals surface area (Å²) in [6.45, 7) is 0.277. The van der Waals surface area contributed by atoms with Gasteiger partial charge in [0.15, 0.2) is 0 Å². The number of halogens is 2. The van der Waals surface area contributed by atoms with Gasteiger partial charge >= 0.3 is 0 Å². The number of hydrogen-bond donors (Lipinski definition) is 2. The summed E-state index contributed by atoms with van der Waals surface area (Å²) in [4.78, 5) is 31.3.